The van der Waals surface area contributed by atoms with Gasteiger partial charge in [-0.2, -0.15) is 0 Å². The summed E-state index contributed by atoms with van der Waals surface area (Å²) in [6.07, 6.45) is 6.34. The minimum atomic E-state index is -0.658. The summed E-state index contributed by atoms with van der Waals surface area (Å²) in [5.74, 6) is -0.554. The van der Waals surface area contributed by atoms with Crippen molar-refractivity contribution in [2.45, 2.75) is 40.0 Å². The van der Waals surface area contributed by atoms with Gasteiger partial charge in [-0.25, -0.2) is 9.97 Å². The summed E-state index contributed by atoms with van der Waals surface area (Å²) in [7, 11) is 1.54. The smallest absolute Gasteiger partial charge is 0.271 e. The number of pyridine rings is 1. The quantitative estimate of drug-likeness (QED) is 0.299. The van der Waals surface area contributed by atoms with Crippen LogP contribution in [0.15, 0.2) is 30.5 Å². The molecule has 36 heavy (non-hydrogen) atoms. The van der Waals surface area contributed by atoms with Crippen molar-refractivity contribution in [2.24, 2.45) is 17.4 Å². The van der Waals surface area contributed by atoms with Gasteiger partial charge < -0.3 is 27.0 Å². The second kappa shape index (κ2) is 13.9. The zero-order valence-electron chi connectivity index (χ0n) is 21.4. The molecule has 0 atom stereocenters. The zero-order chi connectivity index (χ0) is 26.7. The maximum atomic E-state index is 12.1. The maximum Gasteiger partial charge on any atom is 0.271 e. The second-order valence-corrected chi connectivity index (χ2v) is 8.72. The van der Waals surface area contributed by atoms with Crippen LogP contribution in [-0.2, 0) is 28.9 Å². The van der Waals surface area contributed by atoms with E-state index in [2.05, 4.69) is 39.4 Å². The first-order valence-corrected chi connectivity index (χ1v) is 11.9. The third-order valence-electron chi connectivity index (χ3n) is 5.16. The Morgan fingerprint density at radius 1 is 1.19 bits per heavy atom. The Kier molecular flexibility index (Phi) is 10.9. The predicted octanol–water partition coefficient (Wildman–Crippen LogP) is 1.11. The molecule has 2 rings (SSSR count). The van der Waals surface area contributed by atoms with Crippen molar-refractivity contribution in [1.29, 1.82) is 0 Å². The van der Waals surface area contributed by atoms with Crippen LogP contribution in [0.3, 0.4) is 0 Å². The van der Waals surface area contributed by atoms with Crippen molar-refractivity contribution in [3.05, 3.63) is 53.3 Å². The van der Waals surface area contributed by atoms with E-state index in [0.717, 1.165) is 23.5 Å². The average Bonchev–Trinajstić information content (AvgIpc) is 2.82. The van der Waals surface area contributed by atoms with Gasteiger partial charge in [0.25, 0.3) is 5.91 Å². The number of carbonyl (C=O) groups is 3. The molecular weight excluding hydrogens is 460 g/mol. The minimum absolute atomic E-state index is 0.0657. The summed E-state index contributed by atoms with van der Waals surface area (Å²) in [5, 5.41) is 5.93. The Labute approximate surface area is 211 Å². The number of hydrogen-bond donors (Lipinski definition) is 4. The molecular formula is C25H36N8O3. The molecule has 0 unspecified atom stereocenters. The number of primary amides is 1. The van der Waals surface area contributed by atoms with Crippen molar-refractivity contribution in [3.63, 3.8) is 0 Å². The van der Waals surface area contributed by atoms with Crippen molar-refractivity contribution in [3.8, 4) is 0 Å². The number of hydrogen-bond acceptors (Lipinski definition) is 8. The van der Waals surface area contributed by atoms with E-state index in [1.807, 2.05) is 13.0 Å². The molecule has 2 heterocycles. The predicted molar refractivity (Wildman–Crippen MR) is 139 cm³/mol. The lowest BCUT2D eigenvalue weighted by Gasteiger charge is -2.15. The number of nitrogens with two attached hydrogens (primary N) is 2. The molecule has 6 N–H and O–H groups in total. The number of anilines is 2. The Hall–Kier alpha value is -3.86. The lowest BCUT2D eigenvalue weighted by molar-refractivity contribution is -0.131. The number of nitrogens with zero attached hydrogens (tertiary/aromatic N) is 4. The summed E-state index contributed by atoms with van der Waals surface area (Å²) < 4.78 is 0. The fraction of sp³-hybridized carbons (Fsp3) is 0.440. The van der Waals surface area contributed by atoms with Crippen molar-refractivity contribution in [2.75, 3.05) is 32.0 Å². The molecule has 2 aromatic rings. The molecule has 0 aliphatic heterocycles. The first kappa shape index (κ1) is 28.4. The first-order chi connectivity index (χ1) is 17.1. The van der Waals surface area contributed by atoms with E-state index in [1.165, 1.54) is 17.1 Å². The highest BCUT2D eigenvalue weighted by Gasteiger charge is 2.18. The van der Waals surface area contributed by atoms with Crippen molar-refractivity contribution in [1.82, 2.24) is 25.2 Å². The molecule has 194 valence electrons. The van der Waals surface area contributed by atoms with Crippen LogP contribution in [0.25, 0.3) is 0 Å². The van der Waals surface area contributed by atoms with Gasteiger partial charge in [0.15, 0.2) is 11.5 Å². The topological polar surface area (TPSA) is 169 Å². The molecule has 0 spiro atoms. The molecule has 0 fully saturated rings. The standard InChI is InChI=1S/C25H36N8O3/c1-5-19-20(13-16(2)3)32-25(23(31-19)24(27)36)30-18-9-11-28-17(14-18)8-12-29-21(34)15-33(4)22(35)7-6-10-26/h6-7,9,11,14,16H,5,8,10,12-13,15,26H2,1-4H3,(H2,27,36)(H,29,34)(H,28,30,32)/b7-6+. The number of rotatable bonds is 13. The summed E-state index contributed by atoms with van der Waals surface area (Å²) in [5.41, 5.74) is 14.0. The van der Waals surface area contributed by atoms with E-state index in [0.29, 0.717) is 36.8 Å². The van der Waals surface area contributed by atoms with Gasteiger partial charge in [-0.1, -0.05) is 26.8 Å². The Morgan fingerprint density at radius 3 is 2.58 bits per heavy atom. The van der Waals surface area contributed by atoms with E-state index >= 15 is 0 Å². The van der Waals surface area contributed by atoms with Crippen LogP contribution < -0.4 is 22.1 Å². The fourth-order valence-electron chi connectivity index (χ4n) is 3.40. The van der Waals surface area contributed by atoms with E-state index in [9.17, 15) is 14.4 Å². The van der Waals surface area contributed by atoms with Gasteiger partial charge >= 0.3 is 0 Å². The van der Waals surface area contributed by atoms with Gasteiger partial charge in [-0.05, 0) is 30.9 Å². The Morgan fingerprint density at radius 2 is 1.94 bits per heavy atom. The van der Waals surface area contributed by atoms with Crippen LogP contribution in [0.5, 0.6) is 0 Å². The summed E-state index contributed by atoms with van der Waals surface area (Å²) in [6.45, 7) is 6.69. The molecule has 0 aromatic carbocycles. The number of likely N-dealkylation sites (N-methyl/N-ethyl adjacent to an activating group) is 1. The highest BCUT2D eigenvalue weighted by atomic mass is 16.2. The van der Waals surface area contributed by atoms with E-state index < -0.39 is 5.91 Å². The second-order valence-electron chi connectivity index (χ2n) is 8.72. The maximum absolute atomic E-state index is 12.1. The van der Waals surface area contributed by atoms with Crippen molar-refractivity contribution >= 4 is 29.2 Å². The monoisotopic (exact) mass is 496 g/mol. The largest absolute Gasteiger partial charge is 0.364 e. The fourth-order valence-corrected chi connectivity index (χ4v) is 3.40. The van der Waals surface area contributed by atoms with Crippen LogP contribution in [0.2, 0.25) is 0 Å². The number of nitrogens with one attached hydrogen (secondary N) is 2. The van der Waals surface area contributed by atoms with Gasteiger partial charge in [0.2, 0.25) is 11.8 Å². The van der Waals surface area contributed by atoms with Gasteiger partial charge in [0, 0.05) is 50.2 Å². The molecule has 11 nitrogen and oxygen atoms in total. The number of aryl methyl sites for hydroxylation is 1. The van der Waals surface area contributed by atoms with Crippen LogP contribution in [0.4, 0.5) is 11.5 Å². The van der Waals surface area contributed by atoms with Crippen LogP contribution in [0.1, 0.15) is 48.3 Å². The van der Waals surface area contributed by atoms with Crippen LogP contribution in [-0.4, -0.2) is 64.3 Å². The molecule has 0 radical (unpaired) electrons. The lowest BCUT2D eigenvalue weighted by atomic mass is 10.0. The third-order valence-corrected chi connectivity index (χ3v) is 5.16. The van der Waals surface area contributed by atoms with Crippen LogP contribution in [0, 0.1) is 5.92 Å². The van der Waals surface area contributed by atoms with Crippen LogP contribution >= 0.6 is 0 Å². The molecule has 0 aliphatic carbocycles. The summed E-state index contributed by atoms with van der Waals surface area (Å²) in [6, 6.07) is 3.56. The molecule has 0 bridgehead atoms. The molecule has 0 saturated carbocycles. The van der Waals surface area contributed by atoms with Gasteiger partial charge in [0.05, 0.1) is 17.9 Å². The third kappa shape index (κ3) is 8.73. The molecule has 0 aliphatic rings. The van der Waals surface area contributed by atoms with E-state index in [4.69, 9.17) is 11.5 Å². The van der Waals surface area contributed by atoms with Gasteiger partial charge in [-0.15, -0.1) is 0 Å². The molecule has 2 aromatic heterocycles. The summed E-state index contributed by atoms with van der Waals surface area (Å²) >= 11 is 0. The molecule has 11 heteroatoms. The first-order valence-electron chi connectivity index (χ1n) is 11.9. The van der Waals surface area contributed by atoms with E-state index in [-0.39, 0.29) is 30.6 Å². The SMILES string of the molecule is CCc1nc(C(N)=O)c(Nc2ccnc(CCNC(=O)CN(C)C(=O)/C=C/CN)c2)nc1CC(C)C. The number of amides is 3. The zero-order valence-corrected chi connectivity index (χ0v) is 21.4. The highest BCUT2D eigenvalue weighted by Crippen LogP contribution is 2.22. The minimum Gasteiger partial charge on any atom is -0.364 e. The van der Waals surface area contributed by atoms with Gasteiger partial charge in [0.1, 0.15) is 0 Å². The number of carbonyl (C=O) groups excluding carboxylic acids is 3. The van der Waals surface area contributed by atoms with E-state index in [1.54, 1.807) is 19.3 Å². The Bertz CT molecular complexity index is 1100. The summed E-state index contributed by atoms with van der Waals surface area (Å²) in [4.78, 5) is 50.8. The van der Waals surface area contributed by atoms with Gasteiger partial charge in [-0.3, -0.25) is 19.4 Å². The molecule has 3 amide bonds. The average molecular weight is 497 g/mol. The normalized spacial score (nSPS) is 11.1. The van der Waals surface area contributed by atoms with Crippen molar-refractivity contribution < 1.29 is 14.4 Å². The molecule has 0 saturated heterocycles. The Balaban J connectivity index is 2.06. The highest BCUT2D eigenvalue weighted by molar-refractivity contribution is 5.96. The lowest BCUT2D eigenvalue weighted by Crippen LogP contribution is -2.38. The number of aromatic nitrogens is 3.